The third-order valence-corrected chi connectivity index (χ3v) is 3.68. The van der Waals surface area contributed by atoms with E-state index in [0.29, 0.717) is 6.10 Å². The van der Waals surface area contributed by atoms with Gasteiger partial charge in [0.15, 0.2) is 0 Å². The maximum atomic E-state index is 5.97. The summed E-state index contributed by atoms with van der Waals surface area (Å²) in [5.41, 5.74) is 0. The molecule has 0 unspecified atom stereocenters. The molecule has 1 aromatic carbocycles. The number of ether oxygens (including phenoxy) is 1. The van der Waals surface area contributed by atoms with Gasteiger partial charge in [-0.05, 0) is 55.7 Å². The molecule has 1 aromatic heterocycles. The molecule has 0 saturated carbocycles. The number of benzene rings is 1. The SMILES string of the molecule is c1cc2cnsc2cc1OC1CCNCC1. The van der Waals surface area contributed by atoms with Crippen molar-refractivity contribution in [2.75, 3.05) is 13.1 Å². The lowest BCUT2D eigenvalue weighted by molar-refractivity contribution is 0.163. The van der Waals surface area contributed by atoms with Gasteiger partial charge in [0.05, 0.1) is 4.70 Å². The van der Waals surface area contributed by atoms with E-state index < -0.39 is 0 Å². The molecule has 1 saturated heterocycles. The third-order valence-electron chi connectivity index (χ3n) is 2.92. The van der Waals surface area contributed by atoms with Crippen LogP contribution in [-0.4, -0.2) is 23.6 Å². The first-order valence-electron chi connectivity index (χ1n) is 5.64. The molecule has 0 bridgehead atoms. The van der Waals surface area contributed by atoms with E-state index in [1.807, 2.05) is 12.3 Å². The zero-order chi connectivity index (χ0) is 10.8. The van der Waals surface area contributed by atoms with Crippen molar-refractivity contribution in [2.45, 2.75) is 18.9 Å². The summed E-state index contributed by atoms with van der Waals surface area (Å²) < 4.78 is 11.3. The Morgan fingerprint density at radius 2 is 2.19 bits per heavy atom. The number of nitrogens with one attached hydrogen (secondary N) is 1. The summed E-state index contributed by atoms with van der Waals surface area (Å²) in [7, 11) is 0. The number of rotatable bonds is 2. The Bertz CT molecular complexity index is 477. The van der Waals surface area contributed by atoms with Crippen molar-refractivity contribution < 1.29 is 4.74 Å². The van der Waals surface area contributed by atoms with E-state index in [4.69, 9.17) is 4.74 Å². The molecule has 0 radical (unpaired) electrons. The minimum Gasteiger partial charge on any atom is -0.490 e. The molecule has 1 aliphatic rings. The molecule has 1 aliphatic heterocycles. The number of piperidine rings is 1. The van der Waals surface area contributed by atoms with Gasteiger partial charge in [-0.2, -0.15) is 4.37 Å². The van der Waals surface area contributed by atoms with Crippen molar-refractivity contribution in [1.82, 2.24) is 9.69 Å². The van der Waals surface area contributed by atoms with Gasteiger partial charge in [-0.3, -0.25) is 0 Å². The Kier molecular flexibility index (Phi) is 2.76. The number of fused-ring (bicyclic) bond motifs is 1. The van der Waals surface area contributed by atoms with Gasteiger partial charge in [-0.1, -0.05) is 0 Å². The van der Waals surface area contributed by atoms with Gasteiger partial charge < -0.3 is 10.1 Å². The lowest BCUT2D eigenvalue weighted by Gasteiger charge is -2.23. The Labute approximate surface area is 98.6 Å². The molecule has 16 heavy (non-hydrogen) atoms. The van der Waals surface area contributed by atoms with Gasteiger partial charge in [-0.15, -0.1) is 0 Å². The molecule has 1 fully saturated rings. The summed E-state index contributed by atoms with van der Waals surface area (Å²) in [4.78, 5) is 0. The fourth-order valence-corrected chi connectivity index (χ4v) is 2.69. The van der Waals surface area contributed by atoms with Crippen molar-refractivity contribution in [3.63, 3.8) is 0 Å². The first kappa shape index (κ1) is 10.1. The molecule has 2 aromatic rings. The van der Waals surface area contributed by atoms with Crippen LogP contribution in [0.5, 0.6) is 5.75 Å². The summed E-state index contributed by atoms with van der Waals surface area (Å²) in [6.07, 6.45) is 4.46. The monoisotopic (exact) mass is 234 g/mol. The average molecular weight is 234 g/mol. The predicted octanol–water partition coefficient (Wildman–Crippen LogP) is 2.43. The number of nitrogens with zero attached hydrogens (tertiary/aromatic N) is 1. The second-order valence-corrected chi connectivity index (χ2v) is 4.93. The lowest BCUT2D eigenvalue weighted by atomic mass is 10.1. The quantitative estimate of drug-likeness (QED) is 0.866. The second kappa shape index (κ2) is 4.39. The van der Waals surface area contributed by atoms with Crippen LogP contribution in [0.2, 0.25) is 0 Å². The van der Waals surface area contributed by atoms with Gasteiger partial charge >= 0.3 is 0 Å². The normalized spacial score (nSPS) is 17.8. The van der Waals surface area contributed by atoms with Crippen LogP contribution in [0, 0.1) is 0 Å². The summed E-state index contributed by atoms with van der Waals surface area (Å²) in [6, 6.07) is 6.21. The van der Waals surface area contributed by atoms with Gasteiger partial charge in [0.25, 0.3) is 0 Å². The highest BCUT2D eigenvalue weighted by atomic mass is 32.1. The van der Waals surface area contributed by atoms with Gasteiger partial charge in [0, 0.05) is 11.6 Å². The van der Waals surface area contributed by atoms with Gasteiger partial charge in [-0.25, -0.2) is 0 Å². The van der Waals surface area contributed by atoms with Crippen LogP contribution >= 0.6 is 11.5 Å². The van der Waals surface area contributed by atoms with E-state index in [-0.39, 0.29) is 0 Å². The van der Waals surface area contributed by atoms with Crippen LogP contribution in [0.3, 0.4) is 0 Å². The molecule has 3 nitrogen and oxygen atoms in total. The largest absolute Gasteiger partial charge is 0.490 e. The Balaban J connectivity index is 1.77. The molecule has 0 aliphatic carbocycles. The number of hydrogen-bond donors (Lipinski definition) is 1. The van der Waals surface area contributed by atoms with Crippen molar-refractivity contribution in [3.05, 3.63) is 24.4 Å². The molecule has 0 amide bonds. The van der Waals surface area contributed by atoms with E-state index in [9.17, 15) is 0 Å². The predicted molar refractivity (Wildman–Crippen MR) is 66.1 cm³/mol. The Hall–Kier alpha value is -1.13. The lowest BCUT2D eigenvalue weighted by Crippen LogP contribution is -2.34. The summed E-state index contributed by atoms with van der Waals surface area (Å²) >= 11 is 1.52. The van der Waals surface area contributed by atoms with Crippen LogP contribution in [0.4, 0.5) is 0 Å². The minimum atomic E-state index is 0.367. The first-order chi connectivity index (χ1) is 7.92. The third kappa shape index (κ3) is 2.03. The van der Waals surface area contributed by atoms with Crippen LogP contribution in [0.25, 0.3) is 10.1 Å². The van der Waals surface area contributed by atoms with E-state index in [1.54, 1.807) is 0 Å². The second-order valence-electron chi connectivity index (χ2n) is 4.09. The fourth-order valence-electron chi connectivity index (χ4n) is 2.02. The molecular formula is C12H14N2OS. The van der Waals surface area contributed by atoms with Crippen molar-refractivity contribution in [3.8, 4) is 5.75 Å². The molecule has 84 valence electrons. The number of hydrogen-bond acceptors (Lipinski definition) is 4. The highest BCUT2D eigenvalue weighted by Crippen LogP contribution is 2.25. The highest BCUT2D eigenvalue weighted by Gasteiger charge is 2.14. The average Bonchev–Trinajstić information content (AvgIpc) is 2.77. The zero-order valence-corrected chi connectivity index (χ0v) is 9.80. The van der Waals surface area contributed by atoms with E-state index in [2.05, 4.69) is 21.8 Å². The van der Waals surface area contributed by atoms with Crippen LogP contribution < -0.4 is 10.1 Å². The van der Waals surface area contributed by atoms with Crippen LogP contribution in [-0.2, 0) is 0 Å². The standard InChI is InChI=1S/C12H14N2OS/c1-2-11(7-12-9(1)8-14-16-12)15-10-3-5-13-6-4-10/h1-2,7-8,10,13H,3-6H2. The van der Waals surface area contributed by atoms with E-state index in [0.717, 1.165) is 31.7 Å². The minimum absolute atomic E-state index is 0.367. The van der Waals surface area contributed by atoms with Gasteiger partial charge in [0.2, 0.25) is 0 Å². The molecular weight excluding hydrogens is 220 g/mol. The summed E-state index contributed by atoms with van der Waals surface area (Å²) in [6.45, 7) is 2.13. The zero-order valence-electron chi connectivity index (χ0n) is 8.98. The maximum Gasteiger partial charge on any atom is 0.121 e. The van der Waals surface area contributed by atoms with Crippen molar-refractivity contribution in [1.29, 1.82) is 0 Å². The Morgan fingerprint density at radius 1 is 1.31 bits per heavy atom. The highest BCUT2D eigenvalue weighted by molar-refractivity contribution is 7.13. The van der Waals surface area contributed by atoms with Gasteiger partial charge in [0.1, 0.15) is 11.9 Å². The van der Waals surface area contributed by atoms with Crippen molar-refractivity contribution >= 4 is 21.6 Å². The molecule has 0 spiro atoms. The van der Waals surface area contributed by atoms with E-state index >= 15 is 0 Å². The maximum absolute atomic E-state index is 5.97. The fraction of sp³-hybridized carbons (Fsp3) is 0.417. The molecule has 3 rings (SSSR count). The molecule has 1 N–H and O–H groups in total. The van der Waals surface area contributed by atoms with Crippen molar-refractivity contribution in [2.24, 2.45) is 0 Å². The van der Waals surface area contributed by atoms with Crippen LogP contribution in [0.1, 0.15) is 12.8 Å². The topological polar surface area (TPSA) is 34.1 Å². The first-order valence-corrected chi connectivity index (χ1v) is 6.41. The molecule has 4 heteroatoms. The number of aromatic nitrogens is 1. The smallest absolute Gasteiger partial charge is 0.121 e. The summed E-state index contributed by atoms with van der Waals surface area (Å²) in [5, 5.41) is 4.53. The molecule has 2 heterocycles. The van der Waals surface area contributed by atoms with E-state index in [1.165, 1.54) is 21.6 Å². The van der Waals surface area contributed by atoms with Crippen LogP contribution in [0.15, 0.2) is 24.4 Å². The molecule has 0 atom stereocenters. The summed E-state index contributed by atoms with van der Waals surface area (Å²) in [5.74, 6) is 0.976. The Morgan fingerprint density at radius 3 is 3.06 bits per heavy atom.